The molecule has 1 aliphatic carbocycles. The lowest BCUT2D eigenvalue weighted by Gasteiger charge is -2.12. The van der Waals surface area contributed by atoms with Gasteiger partial charge in [0.05, 0.1) is 16.4 Å². The fourth-order valence-electron chi connectivity index (χ4n) is 2.04. The topological polar surface area (TPSA) is 110 Å². The number of nitro groups is 1. The first kappa shape index (κ1) is 15.2. The molecule has 1 aromatic carbocycles. The number of hydrogen-bond acceptors (Lipinski definition) is 4. The molecule has 1 aromatic rings. The Bertz CT molecular complexity index is 643. The van der Waals surface area contributed by atoms with Gasteiger partial charge in [0.1, 0.15) is 0 Å². The third kappa shape index (κ3) is 3.46. The molecular formula is C13H11BrN2O5. The highest BCUT2D eigenvalue weighted by molar-refractivity contribution is 9.10. The van der Waals surface area contributed by atoms with E-state index in [1.807, 2.05) is 0 Å². The van der Waals surface area contributed by atoms with Gasteiger partial charge < -0.3 is 10.4 Å². The van der Waals surface area contributed by atoms with Gasteiger partial charge in [0, 0.05) is 22.6 Å². The number of amides is 1. The number of benzene rings is 1. The van der Waals surface area contributed by atoms with Gasteiger partial charge >= 0.3 is 5.97 Å². The molecule has 0 bridgehead atoms. The molecule has 0 heterocycles. The Morgan fingerprint density at radius 3 is 2.67 bits per heavy atom. The molecule has 0 spiro atoms. The van der Waals surface area contributed by atoms with Gasteiger partial charge in [0.15, 0.2) is 0 Å². The number of hydrogen-bond donors (Lipinski definition) is 2. The van der Waals surface area contributed by atoms with Crippen molar-refractivity contribution in [2.75, 3.05) is 0 Å². The van der Waals surface area contributed by atoms with Crippen molar-refractivity contribution in [3.63, 3.8) is 0 Å². The van der Waals surface area contributed by atoms with Crippen molar-refractivity contribution in [3.8, 4) is 0 Å². The van der Waals surface area contributed by atoms with Gasteiger partial charge in [-0.3, -0.25) is 19.7 Å². The normalized spacial score (nSPS) is 20.2. The van der Waals surface area contributed by atoms with Crippen LogP contribution in [0.2, 0.25) is 0 Å². The quantitative estimate of drug-likeness (QED) is 0.488. The standard InChI is InChI=1S/C13H11BrN2O5/c14-11-4-3-9(16(20)21)6-10(11)12(17)15-8-2-1-7(5-8)13(18)19/h1-4,6-8H,5H2,(H,15,17)(H,18,19). The van der Waals surface area contributed by atoms with Gasteiger partial charge in [-0.15, -0.1) is 0 Å². The zero-order valence-corrected chi connectivity index (χ0v) is 12.2. The van der Waals surface area contributed by atoms with E-state index in [1.165, 1.54) is 24.3 Å². The molecule has 0 fully saturated rings. The molecule has 2 atom stereocenters. The molecule has 7 nitrogen and oxygen atoms in total. The van der Waals surface area contributed by atoms with Crippen LogP contribution in [-0.4, -0.2) is 27.9 Å². The van der Waals surface area contributed by atoms with Crippen LogP contribution in [-0.2, 0) is 4.79 Å². The highest BCUT2D eigenvalue weighted by atomic mass is 79.9. The molecule has 0 aliphatic heterocycles. The van der Waals surface area contributed by atoms with E-state index in [9.17, 15) is 19.7 Å². The predicted molar refractivity (Wildman–Crippen MR) is 76.9 cm³/mol. The van der Waals surface area contributed by atoms with Gasteiger partial charge in [0.2, 0.25) is 0 Å². The van der Waals surface area contributed by atoms with Crippen LogP contribution >= 0.6 is 15.9 Å². The van der Waals surface area contributed by atoms with Crippen LogP contribution in [0.3, 0.4) is 0 Å². The summed E-state index contributed by atoms with van der Waals surface area (Å²) in [5.74, 6) is -2.06. The summed E-state index contributed by atoms with van der Waals surface area (Å²) in [4.78, 5) is 33.1. The average Bonchev–Trinajstić information content (AvgIpc) is 2.87. The fraction of sp³-hybridized carbons (Fsp3) is 0.231. The maximum atomic E-state index is 12.1. The number of carbonyl (C=O) groups excluding carboxylic acids is 1. The summed E-state index contributed by atoms with van der Waals surface area (Å²) in [7, 11) is 0. The Morgan fingerprint density at radius 2 is 2.10 bits per heavy atom. The minimum Gasteiger partial charge on any atom is -0.481 e. The monoisotopic (exact) mass is 354 g/mol. The Morgan fingerprint density at radius 1 is 1.38 bits per heavy atom. The number of carboxylic acid groups (broad SMARTS) is 1. The summed E-state index contributed by atoms with van der Waals surface area (Å²) < 4.78 is 0.433. The Labute approximate surface area is 127 Å². The molecule has 2 unspecified atom stereocenters. The number of carboxylic acids is 1. The van der Waals surface area contributed by atoms with Crippen LogP contribution in [0.1, 0.15) is 16.8 Å². The number of rotatable bonds is 4. The second-order valence-corrected chi connectivity index (χ2v) is 5.42. The Kier molecular flexibility index (Phi) is 4.37. The van der Waals surface area contributed by atoms with Crippen LogP contribution in [0.15, 0.2) is 34.8 Å². The second-order valence-electron chi connectivity index (χ2n) is 4.57. The van der Waals surface area contributed by atoms with Crippen molar-refractivity contribution < 1.29 is 19.6 Å². The summed E-state index contributed by atoms with van der Waals surface area (Å²) >= 11 is 3.17. The number of aliphatic carboxylic acids is 1. The summed E-state index contributed by atoms with van der Waals surface area (Å²) in [5.41, 5.74) is -0.0508. The highest BCUT2D eigenvalue weighted by Crippen LogP contribution is 2.24. The van der Waals surface area contributed by atoms with Gasteiger partial charge in [0.25, 0.3) is 11.6 Å². The first-order valence-electron chi connectivity index (χ1n) is 6.04. The molecule has 1 aliphatic rings. The van der Waals surface area contributed by atoms with Crippen LogP contribution in [0.25, 0.3) is 0 Å². The van der Waals surface area contributed by atoms with Crippen LogP contribution < -0.4 is 5.32 Å². The molecule has 8 heteroatoms. The van der Waals surface area contributed by atoms with Crippen molar-refractivity contribution in [1.82, 2.24) is 5.32 Å². The molecule has 0 radical (unpaired) electrons. The summed E-state index contributed by atoms with van der Waals surface area (Å²) in [6, 6.07) is 3.49. The molecular weight excluding hydrogens is 344 g/mol. The molecule has 110 valence electrons. The third-order valence-corrected chi connectivity index (χ3v) is 3.81. The van der Waals surface area contributed by atoms with E-state index in [2.05, 4.69) is 21.2 Å². The first-order valence-corrected chi connectivity index (χ1v) is 6.83. The van der Waals surface area contributed by atoms with E-state index in [1.54, 1.807) is 6.08 Å². The van der Waals surface area contributed by atoms with Crippen molar-refractivity contribution in [2.45, 2.75) is 12.5 Å². The lowest BCUT2D eigenvalue weighted by Crippen LogP contribution is -2.33. The van der Waals surface area contributed by atoms with Crippen molar-refractivity contribution in [1.29, 1.82) is 0 Å². The summed E-state index contributed by atoms with van der Waals surface area (Å²) in [6.45, 7) is 0. The van der Waals surface area contributed by atoms with Crippen LogP contribution in [0, 0.1) is 16.0 Å². The number of nitrogens with zero attached hydrogens (tertiary/aromatic N) is 1. The first-order chi connectivity index (χ1) is 9.88. The fourth-order valence-corrected chi connectivity index (χ4v) is 2.46. The van der Waals surface area contributed by atoms with E-state index in [4.69, 9.17) is 5.11 Å². The number of nitro benzene ring substituents is 1. The van der Waals surface area contributed by atoms with Gasteiger partial charge in [-0.25, -0.2) is 0 Å². The lowest BCUT2D eigenvalue weighted by molar-refractivity contribution is -0.384. The number of nitrogens with one attached hydrogen (secondary N) is 1. The molecule has 0 aromatic heterocycles. The van der Waals surface area contributed by atoms with Crippen LogP contribution in [0.4, 0.5) is 5.69 Å². The molecule has 2 N–H and O–H groups in total. The average molecular weight is 355 g/mol. The number of carbonyl (C=O) groups is 2. The molecule has 0 saturated heterocycles. The Hall–Kier alpha value is -2.22. The Balaban J connectivity index is 2.11. The largest absolute Gasteiger partial charge is 0.481 e. The molecule has 0 saturated carbocycles. The maximum Gasteiger partial charge on any atom is 0.310 e. The van der Waals surface area contributed by atoms with E-state index >= 15 is 0 Å². The predicted octanol–water partition coefficient (Wildman–Crippen LogP) is 2.12. The van der Waals surface area contributed by atoms with Crippen LogP contribution in [0.5, 0.6) is 0 Å². The molecule has 2 rings (SSSR count). The zero-order valence-electron chi connectivity index (χ0n) is 10.7. The minimum atomic E-state index is -0.945. The molecule has 21 heavy (non-hydrogen) atoms. The smallest absolute Gasteiger partial charge is 0.310 e. The van der Waals surface area contributed by atoms with Gasteiger partial charge in [-0.05, 0) is 28.4 Å². The zero-order chi connectivity index (χ0) is 15.6. The van der Waals surface area contributed by atoms with Crippen molar-refractivity contribution >= 4 is 33.5 Å². The lowest BCUT2D eigenvalue weighted by atomic mass is 10.1. The third-order valence-electron chi connectivity index (χ3n) is 3.12. The highest BCUT2D eigenvalue weighted by Gasteiger charge is 2.26. The summed E-state index contributed by atoms with van der Waals surface area (Å²) in [5, 5.41) is 22.3. The van der Waals surface area contributed by atoms with E-state index < -0.39 is 28.8 Å². The number of non-ortho nitro benzene ring substituents is 1. The maximum absolute atomic E-state index is 12.1. The van der Waals surface area contributed by atoms with Crippen molar-refractivity contribution in [2.24, 2.45) is 5.92 Å². The summed E-state index contributed by atoms with van der Waals surface area (Å²) in [6.07, 6.45) is 3.41. The molecule has 1 amide bonds. The minimum absolute atomic E-state index is 0.136. The second kappa shape index (κ2) is 6.04. The van der Waals surface area contributed by atoms with Gasteiger partial charge in [-0.1, -0.05) is 12.2 Å². The van der Waals surface area contributed by atoms with Crippen molar-refractivity contribution in [3.05, 3.63) is 50.5 Å². The SMILES string of the molecule is O=C(NC1C=CC(C(=O)O)C1)c1cc([N+](=O)[O-])ccc1Br. The van der Waals surface area contributed by atoms with E-state index in [-0.39, 0.29) is 17.7 Å². The van der Waals surface area contributed by atoms with Gasteiger partial charge in [-0.2, -0.15) is 0 Å². The number of halogens is 1. The van der Waals surface area contributed by atoms with E-state index in [0.717, 1.165) is 0 Å². The van der Waals surface area contributed by atoms with E-state index in [0.29, 0.717) is 4.47 Å².